The first-order valence-corrected chi connectivity index (χ1v) is 7.34. The zero-order chi connectivity index (χ0) is 16.3. The summed E-state index contributed by atoms with van der Waals surface area (Å²) in [5, 5.41) is 0. The number of nitrogens with zero attached hydrogens (tertiary/aromatic N) is 2. The van der Waals surface area contributed by atoms with Crippen molar-refractivity contribution in [2.24, 2.45) is 5.73 Å². The van der Waals surface area contributed by atoms with Crippen molar-refractivity contribution in [2.45, 2.75) is 6.42 Å². The molecule has 6 nitrogen and oxygen atoms in total. The van der Waals surface area contributed by atoms with Crippen molar-refractivity contribution < 1.29 is 9.53 Å². The number of anilines is 2. The summed E-state index contributed by atoms with van der Waals surface area (Å²) < 4.78 is 5.28. The van der Waals surface area contributed by atoms with Crippen LogP contribution in [0.3, 0.4) is 0 Å². The number of carbonyl (C=O) groups excluding carboxylic acids is 1. The monoisotopic (exact) mass is 304 g/mol. The van der Waals surface area contributed by atoms with Gasteiger partial charge < -0.3 is 26.0 Å². The van der Waals surface area contributed by atoms with Crippen molar-refractivity contribution >= 4 is 22.9 Å². The molecule has 1 amide bonds. The van der Waals surface area contributed by atoms with E-state index in [4.69, 9.17) is 16.2 Å². The molecular formula is C16H24N4O2. The summed E-state index contributed by atoms with van der Waals surface area (Å²) in [7, 11) is 3.54. The SMILES string of the molecule is C=C(C(N)=O)c1cc(N)c(OC)cc1N(C)CCN1CCC1. The van der Waals surface area contributed by atoms with Gasteiger partial charge in [-0.3, -0.25) is 4.79 Å². The first-order valence-electron chi connectivity index (χ1n) is 7.34. The van der Waals surface area contributed by atoms with Gasteiger partial charge in [-0.1, -0.05) is 6.58 Å². The topological polar surface area (TPSA) is 84.8 Å². The van der Waals surface area contributed by atoms with Gasteiger partial charge in [0.05, 0.1) is 12.8 Å². The normalized spacial score (nSPS) is 14.3. The Labute approximate surface area is 131 Å². The summed E-state index contributed by atoms with van der Waals surface area (Å²) in [6, 6.07) is 3.52. The van der Waals surface area contributed by atoms with Crippen LogP contribution in [0, 0.1) is 0 Å². The Kier molecular flexibility index (Phi) is 4.92. The zero-order valence-electron chi connectivity index (χ0n) is 13.3. The second-order valence-electron chi connectivity index (χ2n) is 5.57. The number of hydrogen-bond acceptors (Lipinski definition) is 5. The van der Waals surface area contributed by atoms with Gasteiger partial charge in [-0.05, 0) is 25.6 Å². The lowest BCUT2D eigenvalue weighted by atomic mass is 10.0. The zero-order valence-corrected chi connectivity index (χ0v) is 13.3. The average molecular weight is 304 g/mol. The Hall–Kier alpha value is -2.21. The summed E-state index contributed by atoms with van der Waals surface area (Å²) in [6.45, 7) is 7.90. The van der Waals surface area contributed by atoms with E-state index in [1.165, 1.54) is 6.42 Å². The van der Waals surface area contributed by atoms with E-state index in [0.29, 0.717) is 17.0 Å². The summed E-state index contributed by atoms with van der Waals surface area (Å²) >= 11 is 0. The first kappa shape index (κ1) is 16.2. The van der Waals surface area contributed by atoms with Crippen LogP contribution < -0.4 is 21.1 Å². The van der Waals surface area contributed by atoms with Gasteiger partial charge in [-0.25, -0.2) is 0 Å². The minimum atomic E-state index is -0.554. The Morgan fingerprint density at radius 3 is 2.64 bits per heavy atom. The second-order valence-corrected chi connectivity index (χ2v) is 5.57. The summed E-state index contributed by atoms with van der Waals surface area (Å²) in [5.74, 6) is 0.0220. The second kappa shape index (κ2) is 6.70. The molecule has 1 aromatic carbocycles. The van der Waals surface area contributed by atoms with Gasteiger partial charge in [0.2, 0.25) is 5.91 Å². The number of benzene rings is 1. The van der Waals surface area contributed by atoms with Crippen molar-refractivity contribution in [1.29, 1.82) is 0 Å². The average Bonchev–Trinajstić information content (AvgIpc) is 2.44. The number of nitrogens with two attached hydrogens (primary N) is 2. The predicted molar refractivity (Wildman–Crippen MR) is 90.0 cm³/mol. The molecule has 120 valence electrons. The van der Waals surface area contributed by atoms with Crippen LogP contribution in [-0.4, -0.2) is 51.1 Å². The summed E-state index contributed by atoms with van der Waals surface area (Å²) in [5.41, 5.74) is 13.5. The standard InChI is InChI=1S/C16H24N4O2/c1-11(16(18)21)12-9-13(17)15(22-3)10-14(12)19(2)7-8-20-5-4-6-20/h9-10H,1,4-8,17H2,2-3H3,(H2,18,21). The van der Waals surface area contributed by atoms with Gasteiger partial charge in [0.1, 0.15) is 5.75 Å². The van der Waals surface area contributed by atoms with Crippen LogP contribution in [-0.2, 0) is 4.79 Å². The molecule has 0 spiro atoms. The number of hydrogen-bond donors (Lipinski definition) is 2. The molecule has 1 aromatic rings. The molecule has 6 heteroatoms. The number of methoxy groups -OCH3 is 1. The van der Waals surface area contributed by atoms with E-state index in [1.807, 2.05) is 13.1 Å². The highest BCUT2D eigenvalue weighted by Crippen LogP contribution is 2.34. The molecule has 4 N–H and O–H groups in total. The molecule has 0 aromatic heterocycles. The Morgan fingerprint density at radius 2 is 2.14 bits per heavy atom. The Morgan fingerprint density at radius 1 is 1.45 bits per heavy atom. The minimum Gasteiger partial charge on any atom is -0.495 e. The number of nitrogen functional groups attached to an aromatic ring is 1. The van der Waals surface area contributed by atoms with Crippen LogP contribution in [0.5, 0.6) is 5.75 Å². The summed E-state index contributed by atoms with van der Waals surface area (Å²) in [6.07, 6.45) is 1.27. The lowest BCUT2D eigenvalue weighted by Crippen LogP contribution is -2.42. The van der Waals surface area contributed by atoms with Gasteiger partial charge in [-0.15, -0.1) is 0 Å². The number of primary amides is 1. The number of amides is 1. The Balaban J connectivity index is 2.28. The maximum absolute atomic E-state index is 11.5. The molecule has 0 bridgehead atoms. The van der Waals surface area contributed by atoms with Crippen LogP contribution in [0.25, 0.3) is 5.57 Å². The molecule has 1 saturated heterocycles. The minimum absolute atomic E-state index is 0.250. The maximum Gasteiger partial charge on any atom is 0.248 e. The van der Waals surface area contributed by atoms with Crippen LogP contribution in [0.2, 0.25) is 0 Å². The summed E-state index contributed by atoms with van der Waals surface area (Å²) in [4.78, 5) is 15.9. The predicted octanol–water partition coefficient (Wildman–Crippen LogP) is 0.918. The van der Waals surface area contributed by atoms with Gasteiger partial charge in [0.15, 0.2) is 0 Å². The molecule has 0 radical (unpaired) electrons. The van der Waals surface area contributed by atoms with E-state index in [9.17, 15) is 4.79 Å². The number of carbonyl (C=O) groups is 1. The van der Waals surface area contributed by atoms with E-state index in [1.54, 1.807) is 13.2 Å². The van der Waals surface area contributed by atoms with Crippen LogP contribution in [0.1, 0.15) is 12.0 Å². The van der Waals surface area contributed by atoms with E-state index in [-0.39, 0.29) is 5.57 Å². The van der Waals surface area contributed by atoms with Gasteiger partial charge >= 0.3 is 0 Å². The lowest BCUT2D eigenvalue weighted by molar-refractivity contribution is -0.112. The van der Waals surface area contributed by atoms with Crippen molar-refractivity contribution in [2.75, 3.05) is 51.0 Å². The maximum atomic E-state index is 11.5. The third-order valence-electron chi connectivity index (χ3n) is 4.08. The molecule has 1 heterocycles. The number of likely N-dealkylation sites (tertiary alicyclic amines) is 1. The quantitative estimate of drug-likeness (QED) is 0.578. The van der Waals surface area contributed by atoms with E-state index in [2.05, 4.69) is 16.4 Å². The highest BCUT2D eigenvalue weighted by atomic mass is 16.5. The third-order valence-corrected chi connectivity index (χ3v) is 4.08. The number of ether oxygens (including phenoxy) is 1. The van der Waals surface area contributed by atoms with Crippen molar-refractivity contribution in [3.63, 3.8) is 0 Å². The van der Waals surface area contributed by atoms with Crippen LogP contribution >= 0.6 is 0 Å². The van der Waals surface area contributed by atoms with Crippen molar-refractivity contribution in [3.8, 4) is 5.75 Å². The smallest absolute Gasteiger partial charge is 0.248 e. The van der Waals surface area contributed by atoms with E-state index in [0.717, 1.165) is 31.9 Å². The molecule has 22 heavy (non-hydrogen) atoms. The van der Waals surface area contributed by atoms with E-state index >= 15 is 0 Å². The Bertz CT molecular complexity index is 582. The fourth-order valence-corrected chi connectivity index (χ4v) is 2.47. The van der Waals surface area contributed by atoms with Crippen LogP contribution in [0.4, 0.5) is 11.4 Å². The fourth-order valence-electron chi connectivity index (χ4n) is 2.47. The van der Waals surface area contributed by atoms with Crippen molar-refractivity contribution in [3.05, 3.63) is 24.3 Å². The largest absolute Gasteiger partial charge is 0.495 e. The molecule has 0 saturated carbocycles. The van der Waals surface area contributed by atoms with E-state index < -0.39 is 5.91 Å². The van der Waals surface area contributed by atoms with Crippen molar-refractivity contribution in [1.82, 2.24) is 4.90 Å². The third kappa shape index (κ3) is 3.33. The molecule has 0 aliphatic carbocycles. The molecule has 0 unspecified atom stereocenters. The fraction of sp³-hybridized carbons (Fsp3) is 0.438. The number of likely N-dealkylation sites (N-methyl/N-ethyl adjacent to an activating group) is 1. The highest BCUT2D eigenvalue weighted by molar-refractivity contribution is 6.19. The molecule has 2 rings (SSSR count). The lowest BCUT2D eigenvalue weighted by Gasteiger charge is -2.33. The highest BCUT2D eigenvalue weighted by Gasteiger charge is 2.19. The molecule has 1 aliphatic heterocycles. The van der Waals surface area contributed by atoms with Gasteiger partial charge in [0, 0.05) is 43.0 Å². The van der Waals surface area contributed by atoms with Crippen LogP contribution in [0.15, 0.2) is 18.7 Å². The first-order chi connectivity index (χ1) is 10.4. The van der Waals surface area contributed by atoms with Gasteiger partial charge in [0.25, 0.3) is 0 Å². The number of rotatable bonds is 7. The molecule has 1 aliphatic rings. The molecule has 1 fully saturated rings. The molecule has 0 atom stereocenters. The molecular weight excluding hydrogens is 280 g/mol. The van der Waals surface area contributed by atoms with Gasteiger partial charge in [-0.2, -0.15) is 0 Å².